The molecule has 0 atom stereocenters. The zero-order valence-corrected chi connectivity index (χ0v) is 10.2. The number of rotatable bonds is 2. The maximum Gasteiger partial charge on any atom is -0.0139 e. The van der Waals surface area contributed by atoms with Crippen LogP contribution in [0.2, 0.25) is 0 Å². The summed E-state index contributed by atoms with van der Waals surface area (Å²) in [5.41, 5.74) is 1.61. The van der Waals surface area contributed by atoms with Crippen molar-refractivity contribution < 1.29 is 0 Å². The molecule has 1 radical (unpaired) electrons. The molecule has 0 nitrogen and oxygen atoms in total. The van der Waals surface area contributed by atoms with E-state index in [-0.39, 0.29) is 0 Å². The van der Waals surface area contributed by atoms with Gasteiger partial charge in [-0.05, 0) is 38.5 Å². The van der Waals surface area contributed by atoms with Crippen molar-refractivity contribution in [1.82, 2.24) is 0 Å². The van der Waals surface area contributed by atoms with Crippen molar-refractivity contribution in [2.45, 2.75) is 64.7 Å². The highest BCUT2D eigenvalue weighted by Gasteiger charge is 1.96. The summed E-state index contributed by atoms with van der Waals surface area (Å²) in [6, 6.07) is 0. The van der Waals surface area contributed by atoms with Crippen molar-refractivity contribution in [3.63, 3.8) is 0 Å². The predicted octanol–water partition coefficient (Wildman–Crippen LogP) is 5.22. The third-order valence-corrected chi connectivity index (χ3v) is 2.96. The SMILES string of the molecule is CCCC1=C[CH]CCCCCCC=CC1. The van der Waals surface area contributed by atoms with Gasteiger partial charge in [0, 0.05) is 0 Å². The predicted molar refractivity (Wildman–Crippen MR) is 68.8 cm³/mol. The van der Waals surface area contributed by atoms with Crippen LogP contribution in [0, 0.1) is 6.42 Å². The second kappa shape index (κ2) is 8.76. The first-order chi connectivity index (χ1) is 7.43. The monoisotopic (exact) mass is 205 g/mol. The maximum absolute atomic E-state index is 2.38. The molecule has 0 bridgehead atoms. The Balaban J connectivity index is 2.40. The van der Waals surface area contributed by atoms with E-state index in [0.717, 1.165) is 0 Å². The summed E-state index contributed by atoms with van der Waals surface area (Å²) < 4.78 is 0. The van der Waals surface area contributed by atoms with Crippen LogP contribution in [0.15, 0.2) is 23.8 Å². The topological polar surface area (TPSA) is 0 Å². The van der Waals surface area contributed by atoms with Gasteiger partial charge in [0.05, 0.1) is 0 Å². The molecule has 1 aliphatic rings. The van der Waals surface area contributed by atoms with Crippen molar-refractivity contribution in [1.29, 1.82) is 0 Å². The molecule has 0 N–H and O–H groups in total. The van der Waals surface area contributed by atoms with E-state index in [9.17, 15) is 0 Å². The summed E-state index contributed by atoms with van der Waals surface area (Å²) in [4.78, 5) is 0. The van der Waals surface area contributed by atoms with Crippen LogP contribution in [0.25, 0.3) is 0 Å². The lowest BCUT2D eigenvalue weighted by Gasteiger charge is -2.05. The van der Waals surface area contributed by atoms with Gasteiger partial charge in [-0.25, -0.2) is 0 Å². The molecule has 0 aromatic carbocycles. The third kappa shape index (κ3) is 6.54. The van der Waals surface area contributed by atoms with Gasteiger partial charge in [0.2, 0.25) is 0 Å². The summed E-state index contributed by atoms with van der Waals surface area (Å²) >= 11 is 0. The average Bonchev–Trinajstić information content (AvgIpc) is 2.22. The van der Waals surface area contributed by atoms with E-state index in [1.165, 1.54) is 57.8 Å². The minimum absolute atomic E-state index is 1.17. The highest BCUT2D eigenvalue weighted by atomic mass is 14.0. The van der Waals surface area contributed by atoms with Crippen molar-refractivity contribution in [2.24, 2.45) is 0 Å². The lowest BCUT2D eigenvalue weighted by Crippen LogP contribution is -1.85. The van der Waals surface area contributed by atoms with E-state index in [2.05, 4.69) is 31.6 Å². The minimum Gasteiger partial charge on any atom is -0.0882 e. The fourth-order valence-corrected chi connectivity index (χ4v) is 2.06. The van der Waals surface area contributed by atoms with E-state index in [1.54, 1.807) is 5.57 Å². The smallest absolute Gasteiger partial charge is 0.0139 e. The van der Waals surface area contributed by atoms with Gasteiger partial charge in [-0.2, -0.15) is 0 Å². The highest BCUT2D eigenvalue weighted by molar-refractivity contribution is 5.12. The molecule has 0 spiro atoms. The van der Waals surface area contributed by atoms with Crippen LogP contribution in [0.5, 0.6) is 0 Å². The molecule has 85 valence electrons. The first-order valence-corrected chi connectivity index (χ1v) is 6.59. The Kier molecular flexibility index (Phi) is 7.33. The second-order valence-electron chi connectivity index (χ2n) is 4.48. The molecule has 0 saturated heterocycles. The van der Waals surface area contributed by atoms with Crippen molar-refractivity contribution in [3.8, 4) is 0 Å². The van der Waals surface area contributed by atoms with E-state index >= 15 is 0 Å². The Morgan fingerprint density at radius 3 is 2.60 bits per heavy atom. The standard InChI is InChI=1S/C15H25/c1-2-12-15-13-10-8-6-4-3-5-7-9-11-14-15/h8,10-11,14H,2-7,9,12-13H2,1H3. The molecule has 0 heteroatoms. The number of allylic oxidation sites excluding steroid dienone is 4. The molecule has 0 heterocycles. The van der Waals surface area contributed by atoms with Gasteiger partial charge < -0.3 is 0 Å². The van der Waals surface area contributed by atoms with E-state index in [4.69, 9.17) is 0 Å². The molecular weight excluding hydrogens is 180 g/mol. The number of hydrogen-bond donors (Lipinski definition) is 0. The maximum atomic E-state index is 2.38. The normalized spacial score (nSPS) is 20.2. The Morgan fingerprint density at radius 1 is 1.00 bits per heavy atom. The third-order valence-electron chi connectivity index (χ3n) is 2.96. The first-order valence-electron chi connectivity index (χ1n) is 6.59. The summed E-state index contributed by atoms with van der Waals surface area (Å²) in [6.07, 6.45) is 21.3. The molecule has 1 rings (SSSR count). The molecule has 15 heavy (non-hydrogen) atoms. The van der Waals surface area contributed by atoms with Crippen LogP contribution >= 0.6 is 0 Å². The van der Waals surface area contributed by atoms with Crippen molar-refractivity contribution in [2.75, 3.05) is 0 Å². The Labute approximate surface area is 95.5 Å². The van der Waals surface area contributed by atoms with Crippen LogP contribution < -0.4 is 0 Å². The first kappa shape index (κ1) is 12.5. The Hall–Kier alpha value is -0.520. The van der Waals surface area contributed by atoms with Gasteiger partial charge in [0.25, 0.3) is 0 Å². The van der Waals surface area contributed by atoms with Gasteiger partial charge in [-0.1, -0.05) is 56.4 Å². The lowest BCUT2D eigenvalue weighted by atomic mass is 10.0. The fourth-order valence-electron chi connectivity index (χ4n) is 2.06. The van der Waals surface area contributed by atoms with Crippen molar-refractivity contribution >= 4 is 0 Å². The highest BCUT2D eigenvalue weighted by Crippen LogP contribution is 2.15. The molecule has 0 aliphatic heterocycles. The second-order valence-corrected chi connectivity index (χ2v) is 4.48. The molecule has 0 fully saturated rings. The van der Waals surface area contributed by atoms with Gasteiger partial charge in [-0.15, -0.1) is 0 Å². The van der Waals surface area contributed by atoms with E-state index in [1.807, 2.05) is 0 Å². The lowest BCUT2D eigenvalue weighted by molar-refractivity contribution is 0.644. The molecule has 0 unspecified atom stereocenters. The van der Waals surface area contributed by atoms with Crippen LogP contribution in [0.1, 0.15) is 64.7 Å². The molecule has 0 aromatic heterocycles. The quantitative estimate of drug-likeness (QED) is 0.542. The molecular formula is C15H25. The fraction of sp³-hybridized carbons (Fsp3) is 0.667. The zero-order valence-electron chi connectivity index (χ0n) is 10.2. The molecule has 1 aliphatic carbocycles. The van der Waals surface area contributed by atoms with Gasteiger partial charge in [0.15, 0.2) is 0 Å². The number of hydrogen-bond acceptors (Lipinski definition) is 0. The molecule has 0 amide bonds. The summed E-state index contributed by atoms with van der Waals surface area (Å²) in [5, 5.41) is 0. The largest absolute Gasteiger partial charge is 0.0882 e. The average molecular weight is 205 g/mol. The summed E-state index contributed by atoms with van der Waals surface area (Å²) in [6.45, 7) is 2.26. The summed E-state index contributed by atoms with van der Waals surface area (Å²) in [5.74, 6) is 0. The van der Waals surface area contributed by atoms with Crippen LogP contribution in [-0.4, -0.2) is 0 Å². The van der Waals surface area contributed by atoms with Crippen LogP contribution in [0.3, 0.4) is 0 Å². The Bertz CT molecular complexity index is 198. The van der Waals surface area contributed by atoms with Crippen LogP contribution in [-0.2, 0) is 0 Å². The van der Waals surface area contributed by atoms with Gasteiger partial charge in [0.1, 0.15) is 0 Å². The minimum atomic E-state index is 1.17. The Morgan fingerprint density at radius 2 is 1.80 bits per heavy atom. The zero-order chi connectivity index (χ0) is 10.8. The van der Waals surface area contributed by atoms with Gasteiger partial charge in [-0.3, -0.25) is 0 Å². The van der Waals surface area contributed by atoms with E-state index < -0.39 is 0 Å². The molecule has 0 saturated carbocycles. The van der Waals surface area contributed by atoms with E-state index in [0.29, 0.717) is 0 Å². The van der Waals surface area contributed by atoms with Crippen molar-refractivity contribution in [3.05, 3.63) is 30.2 Å². The van der Waals surface area contributed by atoms with Crippen LogP contribution in [0.4, 0.5) is 0 Å². The van der Waals surface area contributed by atoms with Gasteiger partial charge >= 0.3 is 0 Å². The molecule has 0 aromatic rings. The summed E-state index contributed by atoms with van der Waals surface area (Å²) in [7, 11) is 0.